The van der Waals surface area contributed by atoms with Crippen LogP contribution in [0.25, 0.3) is 11.3 Å². The van der Waals surface area contributed by atoms with E-state index in [9.17, 15) is 14.9 Å². The topological polar surface area (TPSA) is 120 Å². The number of nitrogens with zero attached hydrogens (tertiary/aromatic N) is 3. The molecule has 0 radical (unpaired) electrons. The van der Waals surface area contributed by atoms with Gasteiger partial charge in [-0.15, -0.1) is 0 Å². The van der Waals surface area contributed by atoms with Gasteiger partial charge in [0.1, 0.15) is 17.4 Å². The lowest BCUT2D eigenvalue weighted by atomic mass is 10.1. The van der Waals surface area contributed by atoms with Gasteiger partial charge < -0.3 is 4.74 Å². The number of anilines is 1. The van der Waals surface area contributed by atoms with E-state index in [4.69, 9.17) is 4.74 Å². The third-order valence-corrected chi connectivity index (χ3v) is 4.84. The number of aryl methyl sites for hydroxylation is 1. The van der Waals surface area contributed by atoms with Gasteiger partial charge in [-0.05, 0) is 48.9 Å². The molecule has 0 atom stereocenters. The molecule has 0 saturated carbocycles. The fourth-order valence-electron chi connectivity index (χ4n) is 3.08. The van der Waals surface area contributed by atoms with Crippen LogP contribution in [0.5, 0.6) is 5.75 Å². The summed E-state index contributed by atoms with van der Waals surface area (Å²) in [6.45, 7) is 1.95. The van der Waals surface area contributed by atoms with Crippen LogP contribution in [0, 0.1) is 18.3 Å². The van der Waals surface area contributed by atoms with Gasteiger partial charge in [-0.2, -0.15) is 10.4 Å². The van der Waals surface area contributed by atoms with Crippen LogP contribution in [0.3, 0.4) is 0 Å². The number of ether oxygens (including phenoxy) is 1. The number of carbonyl (C=O) groups excluding carboxylic acids is 1. The van der Waals surface area contributed by atoms with Crippen LogP contribution in [0.2, 0.25) is 0 Å². The molecule has 0 bridgehead atoms. The Morgan fingerprint density at radius 2 is 1.76 bits per heavy atom. The fraction of sp³-hybridized carbons (Fsp3) is 0.0385. The number of benzene rings is 3. The molecular weight excluding hydrogens is 430 g/mol. The van der Waals surface area contributed by atoms with Gasteiger partial charge in [-0.3, -0.25) is 9.78 Å². The minimum atomic E-state index is -0.561. The van der Waals surface area contributed by atoms with E-state index in [2.05, 4.69) is 20.5 Å². The minimum absolute atomic E-state index is 0.0727. The summed E-state index contributed by atoms with van der Waals surface area (Å²) in [5.41, 5.74) is 5.21. The molecule has 1 aromatic heterocycles. The summed E-state index contributed by atoms with van der Waals surface area (Å²) in [7, 11) is 0. The highest BCUT2D eigenvalue weighted by Gasteiger charge is 2.13. The quantitative estimate of drug-likeness (QED) is 0.196. The summed E-state index contributed by atoms with van der Waals surface area (Å²) in [5.74, 6) is 0.0668. The maximum atomic E-state index is 12.3. The summed E-state index contributed by atoms with van der Waals surface area (Å²) < 4.78 is 5.38. The van der Waals surface area contributed by atoms with E-state index in [1.54, 1.807) is 60.7 Å². The van der Waals surface area contributed by atoms with Crippen molar-refractivity contribution in [1.29, 1.82) is 5.26 Å². The highest BCUT2D eigenvalue weighted by molar-refractivity contribution is 5.91. The van der Waals surface area contributed by atoms with E-state index in [1.165, 1.54) is 6.21 Å². The molecule has 4 rings (SSSR count). The maximum absolute atomic E-state index is 12.3. The second-order valence-electron chi connectivity index (χ2n) is 7.31. The zero-order valence-corrected chi connectivity index (χ0v) is 18.1. The molecule has 0 fully saturated rings. The Hall–Kier alpha value is -5.03. The third kappa shape index (κ3) is 5.23. The van der Waals surface area contributed by atoms with E-state index >= 15 is 0 Å². The van der Waals surface area contributed by atoms with Crippen molar-refractivity contribution in [2.45, 2.75) is 6.92 Å². The number of esters is 1. The fourth-order valence-corrected chi connectivity index (χ4v) is 3.08. The number of aromatic nitrogens is 2. The van der Waals surface area contributed by atoms with E-state index in [-0.39, 0.29) is 17.2 Å². The average molecular weight is 449 g/mol. The van der Waals surface area contributed by atoms with Crippen LogP contribution in [0.15, 0.2) is 88.8 Å². The van der Waals surface area contributed by atoms with E-state index in [0.29, 0.717) is 16.9 Å². The van der Waals surface area contributed by atoms with Gasteiger partial charge in [-0.25, -0.2) is 15.2 Å². The molecule has 0 unspecified atom stereocenters. The number of rotatable bonds is 6. The first-order valence-corrected chi connectivity index (χ1v) is 10.3. The Morgan fingerprint density at radius 3 is 2.44 bits per heavy atom. The van der Waals surface area contributed by atoms with Gasteiger partial charge in [0.15, 0.2) is 0 Å². The normalized spacial score (nSPS) is 10.6. The number of hydrogen-bond acceptors (Lipinski definition) is 7. The largest absolute Gasteiger partial charge is 0.423 e. The maximum Gasteiger partial charge on any atom is 0.343 e. The number of hydrazone groups is 1. The SMILES string of the molecule is Cc1ccc(C(=O)Oc2ccc(C=NNc3nc(-c4ccccc4)c(C#N)c(=O)[nH]3)cc2)cc1. The molecule has 1 heterocycles. The lowest BCUT2D eigenvalue weighted by molar-refractivity contribution is 0.0735. The summed E-state index contributed by atoms with van der Waals surface area (Å²) in [6.07, 6.45) is 1.52. The Kier molecular flexibility index (Phi) is 6.56. The molecule has 34 heavy (non-hydrogen) atoms. The van der Waals surface area contributed by atoms with Crippen molar-refractivity contribution in [3.05, 3.63) is 111 Å². The molecule has 2 N–H and O–H groups in total. The second-order valence-corrected chi connectivity index (χ2v) is 7.31. The highest BCUT2D eigenvalue weighted by Crippen LogP contribution is 2.19. The lowest BCUT2D eigenvalue weighted by Crippen LogP contribution is -2.16. The summed E-state index contributed by atoms with van der Waals surface area (Å²) in [6, 6.07) is 24.8. The zero-order valence-electron chi connectivity index (χ0n) is 18.1. The standard InChI is InChI=1S/C26H19N5O3/c1-17-7-11-20(12-8-17)25(33)34-21-13-9-18(10-14-21)16-28-31-26-29-23(19-5-3-2-4-6-19)22(15-27)24(32)30-26/h2-14,16H,1H3,(H2,29,30,31,32). The Morgan fingerprint density at radius 1 is 1.06 bits per heavy atom. The van der Waals surface area contributed by atoms with Gasteiger partial charge >= 0.3 is 5.97 Å². The van der Waals surface area contributed by atoms with E-state index < -0.39 is 11.5 Å². The monoisotopic (exact) mass is 449 g/mol. The van der Waals surface area contributed by atoms with Crippen LogP contribution in [-0.2, 0) is 0 Å². The first-order chi connectivity index (χ1) is 16.5. The number of H-pyrrole nitrogens is 1. The van der Waals surface area contributed by atoms with Crippen LogP contribution in [0.1, 0.15) is 27.0 Å². The molecule has 3 aromatic carbocycles. The smallest absolute Gasteiger partial charge is 0.343 e. The number of nitrogens with one attached hydrogen (secondary N) is 2. The van der Waals surface area contributed by atoms with Crippen LogP contribution in [0.4, 0.5) is 5.95 Å². The lowest BCUT2D eigenvalue weighted by Gasteiger charge is -2.06. The van der Waals surface area contributed by atoms with Crippen LogP contribution in [-0.4, -0.2) is 22.2 Å². The Bertz CT molecular complexity index is 1440. The first-order valence-electron chi connectivity index (χ1n) is 10.3. The summed E-state index contributed by atoms with van der Waals surface area (Å²) >= 11 is 0. The molecule has 166 valence electrons. The van der Waals surface area contributed by atoms with Gasteiger partial charge in [0, 0.05) is 5.56 Å². The van der Waals surface area contributed by atoms with Crippen molar-refractivity contribution >= 4 is 18.1 Å². The Labute approximate surface area is 195 Å². The molecule has 8 heteroatoms. The molecule has 0 amide bonds. The van der Waals surface area contributed by atoms with Gasteiger partial charge in [-0.1, -0.05) is 48.0 Å². The number of carbonyl (C=O) groups is 1. The molecule has 0 aliphatic carbocycles. The van der Waals surface area contributed by atoms with Crippen molar-refractivity contribution in [3.8, 4) is 23.1 Å². The number of hydrogen-bond donors (Lipinski definition) is 2. The molecule has 4 aromatic rings. The molecule has 0 aliphatic heterocycles. The van der Waals surface area contributed by atoms with Crippen molar-refractivity contribution in [1.82, 2.24) is 9.97 Å². The number of nitriles is 1. The van der Waals surface area contributed by atoms with Crippen molar-refractivity contribution in [2.75, 3.05) is 5.43 Å². The molecular formula is C26H19N5O3. The van der Waals surface area contributed by atoms with Crippen LogP contribution >= 0.6 is 0 Å². The average Bonchev–Trinajstić information content (AvgIpc) is 2.85. The first kappa shape index (κ1) is 22.2. The number of aromatic amines is 1. The predicted octanol–water partition coefficient (Wildman–Crippen LogP) is 4.28. The third-order valence-electron chi connectivity index (χ3n) is 4.84. The van der Waals surface area contributed by atoms with Gasteiger partial charge in [0.25, 0.3) is 5.56 Å². The van der Waals surface area contributed by atoms with Crippen molar-refractivity contribution < 1.29 is 9.53 Å². The molecule has 0 spiro atoms. The second kappa shape index (κ2) is 10.1. The van der Waals surface area contributed by atoms with E-state index in [1.807, 2.05) is 31.2 Å². The summed E-state index contributed by atoms with van der Waals surface area (Å²) in [5, 5.41) is 13.4. The molecule has 0 saturated heterocycles. The van der Waals surface area contributed by atoms with Gasteiger partial charge in [0.2, 0.25) is 5.95 Å². The summed E-state index contributed by atoms with van der Waals surface area (Å²) in [4.78, 5) is 31.3. The van der Waals surface area contributed by atoms with Gasteiger partial charge in [0.05, 0.1) is 17.5 Å². The molecule has 0 aliphatic rings. The molecule has 8 nitrogen and oxygen atoms in total. The highest BCUT2D eigenvalue weighted by atomic mass is 16.5. The zero-order chi connectivity index (χ0) is 23.9. The van der Waals surface area contributed by atoms with Crippen LogP contribution < -0.4 is 15.7 Å². The van der Waals surface area contributed by atoms with Crippen molar-refractivity contribution in [2.24, 2.45) is 5.10 Å². The Balaban J connectivity index is 1.44. The minimum Gasteiger partial charge on any atom is -0.423 e. The van der Waals surface area contributed by atoms with Crippen molar-refractivity contribution in [3.63, 3.8) is 0 Å². The van der Waals surface area contributed by atoms with E-state index in [0.717, 1.165) is 11.1 Å². The predicted molar refractivity (Wildman–Crippen MR) is 129 cm³/mol.